The van der Waals surface area contributed by atoms with Gasteiger partial charge in [-0.05, 0) is 24.7 Å². The fourth-order valence-corrected chi connectivity index (χ4v) is 4.12. The van der Waals surface area contributed by atoms with Gasteiger partial charge in [0.1, 0.15) is 5.72 Å². The van der Waals surface area contributed by atoms with Crippen molar-refractivity contribution in [3.05, 3.63) is 33.8 Å². The Morgan fingerprint density at radius 1 is 1.24 bits per heavy atom. The average molecular weight is 387 g/mol. The van der Waals surface area contributed by atoms with Crippen LogP contribution in [0.3, 0.4) is 0 Å². The number of hydrogen-bond acceptors (Lipinski definition) is 4. The first-order chi connectivity index (χ1) is 11.9. The normalized spacial score (nSPS) is 23.2. The predicted molar refractivity (Wildman–Crippen MR) is 94.1 cm³/mol. The summed E-state index contributed by atoms with van der Waals surface area (Å²) < 4.78 is 5.90. The molecule has 1 aromatic rings. The summed E-state index contributed by atoms with van der Waals surface area (Å²) in [7, 11) is 0. The molecule has 25 heavy (non-hydrogen) atoms. The largest absolute Gasteiger partial charge is 0.480 e. The summed E-state index contributed by atoms with van der Waals surface area (Å²) in [4.78, 5) is 28.5. The molecule has 2 aliphatic rings. The highest BCUT2D eigenvalue weighted by Crippen LogP contribution is 2.38. The van der Waals surface area contributed by atoms with E-state index in [1.54, 1.807) is 0 Å². The van der Waals surface area contributed by atoms with Crippen LogP contribution in [0, 0.1) is 0 Å². The Hall–Kier alpha value is -1.34. The Labute approximate surface area is 156 Å². The van der Waals surface area contributed by atoms with E-state index in [1.807, 2.05) is 0 Å². The summed E-state index contributed by atoms with van der Waals surface area (Å²) in [6.45, 7) is 4.48. The van der Waals surface area contributed by atoms with Gasteiger partial charge in [-0.2, -0.15) is 0 Å². The van der Waals surface area contributed by atoms with Crippen molar-refractivity contribution in [2.24, 2.45) is 0 Å². The van der Waals surface area contributed by atoms with Gasteiger partial charge in [0, 0.05) is 41.5 Å². The Kier molecular flexibility index (Phi) is 5.25. The van der Waals surface area contributed by atoms with Gasteiger partial charge >= 0.3 is 5.97 Å². The maximum Gasteiger partial charge on any atom is 0.328 e. The van der Waals surface area contributed by atoms with Gasteiger partial charge in [-0.15, -0.1) is 0 Å². The summed E-state index contributed by atoms with van der Waals surface area (Å²) in [5.74, 6) is -1.49. The van der Waals surface area contributed by atoms with Crippen molar-refractivity contribution in [2.75, 3.05) is 26.2 Å². The van der Waals surface area contributed by atoms with Crippen LogP contribution >= 0.6 is 23.2 Å². The van der Waals surface area contributed by atoms with E-state index in [4.69, 9.17) is 27.9 Å². The van der Waals surface area contributed by atoms with E-state index < -0.39 is 23.6 Å². The third-order valence-corrected chi connectivity index (χ3v) is 5.39. The second-order valence-corrected chi connectivity index (χ2v) is 7.25. The van der Waals surface area contributed by atoms with Crippen molar-refractivity contribution in [3.8, 4) is 0 Å². The second kappa shape index (κ2) is 7.11. The molecule has 2 heterocycles. The third kappa shape index (κ3) is 3.49. The zero-order valence-corrected chi connectivity index (χ0v) is 15.4. The topological polar surface area (TPSA) is 70.1 Å². The molecule has 1 amide bonds. The number of rotatable bonds is 3. The molecule has 1 atom stereocenters. The lowest BCUT2D eigenvalue weighted by Crippen LogP contribution is -2.58. The number of piperidine rings is 1. The third-order valence-electron chi connectivity index (χ3n) is 4.96. The van der Waals surface area contributed by atoms with E-state index in [0.29, 0.717) is 22.9 Å². The molecule has 1 spiro atoms. The lowest BCUT2D eigenvalue weighted by molar-refractivity contribution is -0.143. The highest BCUT2D eigenvalue weighted by atomic mass is 35.5. The standard InChI is InChI=1S/C17H20Cl2N2O4/c1-2-20-5-3-17(4-6-20)21(14(10-25-17)16(23)24)15(22)11-7-12(18)9-13(19)8-11/h7-9,14H,2-6,10H2,1H3,(H,23,24)/t14-/m0/s1. The molecule has 136 valence electrons. The summed E-state index contributed by atoms with van der Waals surface area (Å²) >= 11 is 12.0. The van der Waals surface area contributed by atoms with Crippen molar-refractivity contribution >= 4 is 35.1 Å². The number of carboxylic acid groups (broad SMARTS) is 1. The van der Waals surface area contributed by atoms with Gasteiger partial charge in [0.25, 0.3) is 5.91 Å². The maximum absolute atomic E-state index is 13.1. The van der Waals surface area contributed by atoms with Crippen LogP contribution in [0.2, 0.25) is 10.0 Å². The number of hydrogen-bond donors (Lipinski definition) is 1. The molecule has 2 aliphatic heterocycles. The predicted octanol–water partition coefficient (Wildman–Crippen LogP) is 2.73. The number of carbonyl (C=O) groups is 2. The molecule has 6 nitrogen and oxygen atoms in total. The van der Waals surface area contributed by atoms with E-state index in [1.165, 1.54) is 23.1 Å². The number of carboxylic acids is 1. The van der Waals surface area contributed by atoms with Crippen LogP contribution in [0.15, 0.2) is 18.2 Å². The maximum atomic E-state index is 13.1. The quantitative estimate of drug-likeness (QED) is 0.864. The van der Waals surface area contributed by atoms with Crippen molar-refractivity contribution in [2.45, 2.75) is 31.5 Å². The van der Waals surface area contributed by atoms with E-state index in [0.717, 1.165) is 19.6 Å². The van der Waals surface area contributed by atoms with Crippen LogP contribution in [-0.2, 0) is 9.53 Å². The average Bonchev–Trinajstić information content (AvgIpc) is 2.93. The fraction of sp³-hybridized carbons (Fsp3) is 0.529. The minimum atomic E-state index is -1.07. The Bertz CT molecular complexity index is 669. The van der Waals surface area contributed by atoms with Crippen molar-refractivity contribution in [1.82, 2.24) is 9.80 Å². The monoisotopic (exact) mass is 386 g/mol. The molecule has 8 heteroatoms. The number of halogens is 2. The van der Waals surface area contributed by atoms with Gasteiger partial charge in [0.2, 0.25) is 0 Å². The molecule has 0 bridgehead atoms. The summed E-state index contributed by atoms with van der Waals surface area (Å²) in [6.07, 6.45) is 1.15. The van der Waals surface area contributed by atoms with Crippen LogP contribution in [0.5, 0.6) is 0 Å². The smallest absolute Gasteiger partial charge is 0.328 e. The minimum absolute atomic E-state index is 0.0124. The van der Waals surface area contributed by atoms with E-state index in [9.17, 15) is 14.7 Å². The number of benzene rings is 1. The first-order valence-electron chi connectivity index (χ1n) is 8.25. The van der Waals surface area contributed by atoms with Crippen LogP contribution < -0.4 is 0 Å². The van der Waals surface area contributed by atoms with Gasteiger partial charge in [-0.1, -0.05) is 30.1 Å². The molecule has 0 aromatic heterocycles. The number of nitrogens with zero attached hydrogens (tertiary/aromatic N) is 2. The first-order valence-corrected chi connectivity index (χ1v) is 9.01. The number of aliphatic carboxylic acids is 1. The van der Waals surface area contributed by atoms with E-state index >= 15 is 0 Å². The van der Waals surface area contributed by atoms with Crippen LogP contribution in [0.25, 0.3) is 0 Å². The highest BCUT2D eigenvalue weighted by Gasteiger charge is 2.53. The van der Waals surface area contributed by atoms with Gasteiger partial charge < -0.3 is 14.7 Å². The van der Waals surface area contributed by atoms with E-state index in [-0.39, 0.29) is 12.2 Å². The van der Waals surface area contributed by atoms with Crippen molar-refractivity contribution in [3.63, 3.8) is 0 Å². The number of likely N-dealkylation sites (tertiary alicyclic amines) is 1. The first kappa shape index (κ1) is 18.5. The van der Waals surface area contributed by atoms with Crippen LogP contribution in [-0.4, -0.2) is 64.8 Å². The number of ether oxygens (including phenoxy) is 1. The molecule has 0 saturated carbocycles. The van der Waals surface area contributed by atoms with Gasteiger partial charge in [-0.3, -0.25) is 9.69 Å². The molecule has 0 unspecified atom stereocenters. The van der Waals surface area contributed by atoms with Crippen molar-refractivity contribution in [1.29, 1.82) is 0 Å². The molecule has 2 fully saturated rings. The molecular weight excluding hydrogens is 367 g/mol. The van der Waals surface area contributed by atoms with E-state index in [2.05, 4.69) is 11.8 Å². The molecule has 1 N–H and O–H groups in total. The van der Waals surface area contributed by atoms with Crippen LogP contribution in [0.1, 0.15) is 30.1 Å². The van der Waals surface area contributed by atoms with Crippen molar-refractivity contribution < 1.29 is 19.4 Å². The van der Waals surface area contributed by atoms with Gasteiger partial charge in [0.15, 0.2) is 6.04 Å². The zero-order chi connectivity index (χ0) is 18.2. The molecule has 2 saturated heterocycles. The molecule has 3 rings (SSSR count). The molecule has 1 aromatic carbocycles. The molecular formula is C17H20Cl2N2O4. The molecule has 0 radical (unpaired) electrons. The lowest BCUT2D eigenvalue weighted by atomic mass is 9.96. The Morgan fingerprint density at radius 2 is 1.84 bits per heavy atom. The zero-order valence-electron chi connectivity index (χ0n) is 13.9. The van der Waals surface area contributed by atoms with Gasteiger partial charge in [0.05, 0.1) is 6.61 Å². The number of carbonyl (C=O) groups excluding carboxylic acids is 1. The van der Waals surface area contributed by atoms with Gasteiger partial charge in [-0.25, -0.2) is 4.79 Å². The molecule has 0 aliphatic carbocycles. The van der Waals surface area contributed by atoms with Crippen LogP contribution in [0.4, 0.5) is 0 Å². The SMILES string of the molecule is CCN1CCC2(CC1)OC[C@@H](C(=O)O)N2C(=O)c1cc(Cl)cc(Cl)c1. The highest BCUT2D eigenvalue weighted by molar-refractivity contribution is 6.35. The lowest BCUT2D eigenvalue weighted by Gasteiger charge is -2.44. The fourth-order valence-electron chi connectivity index (χ4n) is 3.59. The minimum Gasteiger partial charge on any atom is -0.480 e. The summed E-state index contributed by atoms with van der Waals surface area (Å²) in [6, 6.07) is 3.52. The Balaban J connectivity index is 1.95. The Morgan fingerprint density at radius 3 is 2.36 bits per heavy atom. The number of amides is 1. The second-order valence-electron chi connectivity index (χ2n) is 6.38. The summed E-state index contributed by atoms with van der Waals surface area (Å²) in [5, 5.41) is 10.2. The summed E-state index contributed by atoms with van der Waals surface area (Å²) in [5.41, 5.74) is -0.618.